The van der Waals surface area contributed by atoms with Gasteiger partial charge < -0.3 is 5.11 Å². The van der Waals surface area contributed by atoms with Gasteiger partial charge in [0, 0.05) is 5.92 Å². The summed E-state index contributed by atoms with van der Waals surface area (Å²) >= 11 is 0. The molecule has 0 spiro atoms. The molecule has 2 rings (SSSR count). The number of hydrogen-bond donors (Lipinski definition) is 1. The summed E-state index contributed by atoms with van der Waals surface area (Å²) in [7, 11) is 0. The lowest BCUT2D eigenvalue weighted by molar-refractivity contribution is 0.304. The van der Waals surface area contributed by atoms with Gasteiger partial charge >= 0.3 is 0 Å². The van der Waals surface area contributed by atoms with Crippen molar-refractivity contribution in [1.29, 1.82) is 5.26 Å². The summed E-state index contributed by atoms with van der Waals surface area (Å²) in [5, 5.41) is 19.3. The summed E-state index contributed by atoms with van der Waals surface area (Å²) in [6, 6.07) is 17.5. The van der Waals surface area contributed by atoms with Gasteiger partial charge in [-0.2, -0.15) is 5.26 Å². The molecule has 0 aliphatic rings. The van der Waals surface area contributed by atoms with Gasteiger partial charge in [0.1, 0.15) is 5.75 Å². The Balaban J connectivity index is 2.67. The van der Waals surface area contributed by atoms with E-state index in [0.717, 1.165) is 12.0 Å². The predicted molar refractivity (Wildman–Crippen MR) is 85.2 cm³/mol. The first-order valence-corrected chi connectivity index (χ1v) is 7.27. The summed E-state index contributed by atoms with van der Waals surface area (Å²) < 4.78 is 0. The Labute approximate surface area is 126 Å². The molecule has 0 heterocycles. The predicted octanol–water partition coefficient (Wildman–Crippen LogP) is 4.83. The number of nitriles is 1. The van der Waals surface area contributed by atoms with Crippen molar-refractivity contribution in [3.63, 3.8) is 0 Å². The van der Waals surface area contributed by atoms with Gasteiger partial charge in [-0.05, 0) is 34.7 Å². The fraction of sp³-hybridized carbons (Fsp3) is 0.316. The zero-order valence-corrected chi connectivity index (χ0v) is 12.8. The van der Waals surface area contributed by atoms with E-state index in [1.165, 1.54) is 5.56 Å². The highest BCUT2D eigenvalue weighted by molar-refractivity contribution is 5.48. The van der Waals surface area contributed by atoms with E-state index in [1.807, 2.05) is 18.2 Å². The van der Waals surface area contributed by atoms with Crippen LogP contribution in [0.4, 0.5) is 0 Å². The highest BCUT2D eigenvalue weighted by atomic mass is 16.3. The number of aromatic hydroxyl groups is 1. The maximum atomic E-state index is 9.86. The molecular formula is C19H21NO. The Morgan fingerprint density at radius 2 is 1.81 bits per heavy atom. The van der Waals surface area contributed by atoms with Crippen LogP contribution >= 0.6 is 0 Å². The van der Waals surface area contributed by atoms with Crippen LogP contribution in [0, 0.1) is 16.7 Å². The van der Waals surface area contributed by atoms with E-state index in [4.69, 9.17) is 0 Å². The summed E-state index contributed by atoms with van der Waals surface area (Å²) in [4.78, 5) is 0. The Bertz CT molecular complexity index is 653. The van der Waals surface area contributed by atoms with Gasteiger partial charge in [0.15, 0.2) is 0 Å². The maximum Gasteiger partial charge on any atom is 0.115 e. The zero-order valence-electron chi connectivity index (χ0n) is 12.8. The molecule has 0 aliphatic heterocycles. The van der Waals surface area contributed by atoms with E-state index in [9.17, 15) is 10.4 Å². The van der Waals surface area contributed by atoms with Crippen molar-refractivity contribution in [2.24, 2.45) is 5.41 Å². The summed E-state index contributed by atoms with van der Waals surface area (Å²) in [6.07, 6.45) is 0.979. The number of phenols is 1. The van der Waals surface area contributed by atoms with Crippen molar-refractivity contribution in [2.45, 2.75) is 33.1 Å². The molecule has 0 bridgehead atoms. The summed E-state index contributed by atoms with van der Waals surface area (Å²) in [6.45, 7) is 6.57. The molecule has 0 saturated carbocycles. The average Bonchev–Trinajstić information content (AvgIpc) is 2.48. The van der Waals surface area contributed by atoms with Crippen LogP contribution in [0.3, 0.4) is 0 Å². The second-order valence-electron chi connectivity index (χ2n) is 6.07. The van der Waals surface area contributed by atoms with E-state index >= 15 is 0 Å². The van der Waals surface area contributed by atoms with Gasteiger partial charge in [-0.1, -0.05) is 57.5 Å². The quantitative estimate of drug-likeness (QED) is 0.871. The molecule has 0 amide bonds. The molecule has 2 aromatic rings. The highest BCUT2D eigenvalue weighted by Gasteiger charge is 2.32. The molecule has 0 radical (unpaired) electrons. The molecule has 1 atom stereocenters. The first-order valence-electron chi connectivity index (χ1n) is 7.27. The normalized spacial score (nSPS) is 12.7. The largest absolute Gasteiger partial charge is 0.508 e. The molecule has 0 fully saturated rings. The van der Waals surface area contributed by atoms with Crippen molar-refractivity contribution in [1.82, 2.24) is 0 Å². The van der Waals surface area contributed by atoms with E-state index in [0.29, 0.717) is 5.56 Å². The first-order chi connectivity index (χ1) is 9.99. The molecule has 0 aromatic heterocycles. The van der Waals surface area contributed by atoms with E-state index in [1.54, 1.807) is 18.2 Å². The van der Waals surface area contributed by atoms with Crippen molar-refractivity contribution < 1.29 is 5.11 Å². The van der Waals surface area contributed by atoms with Crippen LogP contribution in [0.15, 0.2) is 48.5 Å². The molecule has 0 aliphatic carbocycles. The molecule has 108 valence electrons. The van der Waals surface area contributed by atoms with Crippen LogP contribution in [-0.2, 0) is 0 Å². The highest BCUT2D eigenvalue weighted by Crippen LogP contribution is 2.44. The molecular weight excluding hydrogens is 258 g/mol. The molecule has 2 aromatic carbocycles. The Morgan fingerprint density at radius 1 is 1.14 bits per heavy atom. The van der Waals surface area contributed by atoms with Gasteiger partial charge in [-0.25, -0.2) is 0 Å². The SMILES string of the molecule is CCC(C)(C)C(c1ccccc1)c1cc(O)ccc1C#N. The van der Waals surface area contributed by atoms with Gasteiger partial charge in [0.2, 0.25) is 0 Å². The molecule has 0 saturated heterocycles. The summed E-state index contributed by atoms with van der Waals surface area (Å²) in [5.74, 6) is 0.280. The average molecular weight is 279 g/mol. The lowest BCUT2D eigenvalue weighted by atomic mass is 9.69. The smallest absolute Gasteiger partial charge is 0.115 e. The Kier molecular flexibility index (Phi) is 4.33. The van der Waals surface area contributed by atoms with Crippen molar-refractivity contribution in [3.05, 3.63) is 65.2 Å². The van der Waals surface area contributed by atoms with E-state index in [2.05, 4.69) is 39.0 Å². The van der Waals surface area contributed by atoms with Crippen molar-refractivity contribution in [3.8, 4) is 11.8 Å². The number of rotatable bonds is 4. The van der Waals surface area contributed by atoms with Gasteiger partial charge in [0.05, 0.1) is 11.6 Å². The lowest BCUT2D eigenvalue weighted by Gasteiger charge is -2.35. The van der Waals surface area contributed by atoms with E-state index in [-0.39, 0.29) is 17.1 Å². The minimum Gasteiger partial charge on any atom is -0.508 e. The monoisotopic (exact) mass is 279 g/mol. The van der Waals surface area contributed by atoms with Crippen LogP contribution < -0.4 is 0 Å². The van der Waals surface area contributed by atoms with Crippen LogP contribution in [-0.4, -0.2) is 5.11 Å². The zero-order chi connectivity index (χ0) is 15.5. The first kappa shape index (κ1) is 15.1. The van der Waals surface area contributed by atoms with Crippen molar-refractivity contribution in [2.75, 3.05) is 0 Å². The minimum absolute atomic E-state index is 0.0131. The summed E-state index contributed by atoms with van der Waals surface area (Å²) in [5.41, 5.74) is 2.69. The van der Waals surface area contributed by atoms with Crippen molar-refractivity contribution >= 4 is 0 Å². The maximum absolute atomic E-state index is 9.86. The third-order valence-electron chi connectivity index (χ3n) is 4.29. The number of nitrogens with zero attached hydrogens (tertiary/aromatic N) is 1. The standard InChI is InChI=1S/C19H21NO/c1-4-19(2,3)18(14-8-6-5-7-9-14)17-12-16(21)11-10-15(17)13-20/h5-12,18,21H,4H2,1-3H3. The molecule has 1 N–H and O–H groups in total. The second kappa shape index (κ2) is 6.01. The fourth-order valence-corrected chi connectivity index (χ4v) is 2.79. The third kappa shape index (κ3) is 3.08. The number of hydrogen-bond acceptors (Lipinski definition) is 2. The van der Waals surface area contributed by atoms with Gasteiger partial charge in [0.25, 0.3) is 0 Å². The minimum atomic E-state index is -0.0131. The second-order valence-corrected chi connectivity index (χ2v) is 6.07. The Morgan fingerprint density at radius 3 is 2.38 bits per heavy atom. The molecule has 2 heteroatoms. The molecule has 21 heavy (non-hydrogen) atoms. The third-order valence-corrected chi connectivity index (χ3v) is 4.29. The van der Waals surface area contributed by atoms with Gasteiger partial charge in [-0.3, -0.25) is 0 Å². The van der Waals surface area contributed by atoms with Crippen LogP contribution in [0.1, 0.15) is 49.8 Å². The topological polar surface area (TPSA) is 44.0 Å². The number of phenolic OH excluding ortho intramolecular Hbond substituents is 1. The van der Waals surface area contributed by atoms with Gasteiger partial charge in [-0.15, -0.1) is 0 Å². The molecule has 2 nitrogen and oxygen atoms in total. The van der Waals surface area contributed by atoms with Crippen LogP contribution in [0.25, 0.3) is 0 Å². The fourth-order valence-electron chi connectivity index (χ4n) is 2.79. The Hall–Kier alpha value is -2.27. The lowest BCUT2D eigenvalue weighted by Crippen LogP contribution is -2.23. The van der Waals surface area contributed by atoms with Crippen LogP contribution in [0.5, 0.6) is 5.75 Å². The molecule has 1 unspecified atom stereocenters. The van der Waals surface area contributed by atoms with E-state index < -0.39 is 0 Å². The van der Waals surface area contributed by atoms with Crippen LogP contribution in [0.2, 0.25) is 0 Å². The number of benzene rings is 2.